The number of H-pyrrole nitrogens is 1. The predicted octanol–water partition coefficient (Wildman–Crippen LogP) is 2.22. The van der Waals surface area contributed by atoms with E-state index in [-0.39, 0.29) is 24.1 Å². The second-order valence-electron chi connectivity index (χ2n) is 8.23. The lowest BCUT2D eigenvalue weighted by atomic mass is 9.80. The van der Waals surface area contributed by atoms with Crippen molar-refractivity contribution < 1.29 is 23.4 Å². The minimum absolute atomic E-state index is 0.141. The fourth-order valence-corrected chi connectivity index (χ4v) is 3.32. The van der Waals surface area contributed by atoms with Crippen LogP contribution in [0.4, 0.5) is 13.6 Å². The number of aliphatic hydroxyl groups excluding tert-OH is 1. The van der Waals surface area contributed by atoms with Crippen molar-refractivity contribution in [1.82, 2.24) is 10.3 Å². The molecule has 0 aliphatic heterocycles. The molecule has 0 aliphatic rings. The summed E-state index contributed by atoms with van der Waals surface area (Å²) in [5.41, 5.74) is 5.29. The number of nitrogens with two attached hydrogens (primary N) is 1. The highest BCUT2D eigenvalue weighted by Gasteiger charge is 2.37. The smallest absolute Gasteiger partial charge is 0.404 e. The summed E-state index contributed by atoms with van der Waals surface area (Å²) in [6, 6.07) is 5.45. The third-order valence-corrected chi connectivity index (χ3v) is 4.65. The van der Waals surface area contributed by atoms with E-state index in [0.29, 0.717) is 5.56 Å². The molecule has 0 radical (unpaired) electrons. The molecule has 0 fully saturated rings. The van der Waals surface area contributed by atoms with E-state index in [1.54, 1.807) is 6.07 Å². The first kappa shape index (κ1) is 23.5. The first-order valence-corrected chi connectivity index (χ1v) is 9.46. The highest BCUT2D eigenvalue weighted by Crippen LogP contribution is 2.26. The number of hydrogen-bond donors (Lipinski definition) is 4. The molecule has 1 aromatic heterocycles. The van der Waals surface area contributed by atoms with Gasteiger partial charge in [-0.1, -0.05) is 20.8 Å². The Kier molecular flexibility index (Phi) is 7.69. The molecule has 7 nitrogen and oxygen atoms in total. The lowest BCUT2D eigenvalue weighted by Gasteiger charge is -2.38. The monoisotopic (exact) mass is 423 g/mol. The highest BCUT2D eigenvalue weighted by atomic mass is 19.1. The Morgan fingerprint density at radius 1 is 1.20 bits per heavy atom. The average molecular weight is 423 g/mol. The molecule has 0 saturated carbocycles. The molecule has 2 aromatic rings. The Hall–Kier alpha value is -2.78. The second-order valence-corrected chi connectivity index (χ2v) is 8.23. The van der Waals surface area contributed by atoms with E-state index in [4.69, 9.17) is 10.5 Å². The molecule has 1 aromatic carbocycles. The zero-order valence-electron chi connectivity index (χ0n) is 17.1. The van der Waals surface area contributed by atoms with E-state index in [9.17, 15) is 23.5 Å². The maximum atomic E-state index is 13.6. The van der Waals surface area contributed by atoms with Crippen LogP contribution in [0.3, 0.4) is 0 Å². The van der Waals surface area contributed by atoms with Crippen molar-refractivity contribution in [3.05, 3.63) is 69.6 Å². The van der Waals surface area contributed by atoms with Crippen LogP contribution in [-0.2, 0) is 17.7 Å². The first-order chi connectivity index (χ1) is 14.0. The maximum Gasteiger partial charge on any atom is 0.404 e. The molecule has 5 N–H and O–H groups in total. The van der Waals surface area contributed by atoms with Gasteiger partial charge in [0.1, 0.15) is 23.8 Å². The van der Waals surface area contributed by atoms with Crippen LogP contribution in [-0.4, -0.2) is 34.4 Å². The van der Waals surface area contributed by atoms with Gasteiger partial charge in [0.2, 0.25) is 5.56 Å². The summed E-state index contributed by atoms with van der Waals surface area (Å²) in [4.78, 5) is 25.4. The zero-order chi connectivity index (χ0) is 22.5. The van der Waals surface area contributed by atoms with E-state index in [1.165, 1.54) is 12.3 Å². The van der Waals surface area contributed by atoms with Crippen molar-refractivity contribution in [2.75, 3.05) is 0 Å². The van der Waals surface area contributed by atoms with Gasteiger partial charge in [0, 0.05) is 37.3 Å². The largest absolute Gasteiger partial charge is 0.443 e. The van der Waals surface area contributed by atoms with E-state index in [1.807, 2.05) is 20.8 Å². The molecule has 9 heteroatoms. The molecule has 2 rings (SSSR count). The van der Waals surface area contributed by atoms with Crippen molar-refractivity contribution in [1.29, 1.82) is 0 Å². The van der Waals surface area contributed by atoms with E-state index in [2.05, 4.69) is 10.3 Å². The van der Waals surface area contributed by atoms with E-state index >= 15 is 0 Å². The SMILES string of the molecule is CC(C)(C)C(NCc1cc[nH]c(=O)c1)[C@@H](O)[C@H](Cc1cc(F)cc(F)c1)OC(N)=O. The number of carbonyl (C=O) groups is 1. The van der Waals surface area contributed by atoms with Crippen molar-refractivity contribution in [3.63, 3.8) is 0 Å². The number of nitrogens with one attached hydrogen (secondary N) is 2. The molecule has 0 spiro atoms. The summed E-state index contributed by atoms with van der Waals surface area (Å²) in [6.07, 6.45) is -2.15. The van der Waals surface area contributed by atoms with Gasteiger partial charge in [0.25, 0.3) is 0 Å². The number of amides is 1. The molecule has 30 heavy (non-hydrogen) atoms. The third-order valence-electron chi connectivity index (χ3n) is 4.65. The van der Waals surface area contributed by atoms with Gasteiger partial charge in [-0.25, -0.2) is 13.6 Å². The Labute approximate surface area is 173 Å². The third kappa shape index (κ3) is 6.93. The number of primary amides is 1. The molecule has 0 aliphatic carbocycles. The fraction of sp³-hybridized carbons (Fsp3) is 0.429. The van der Waals surface area contributed by atoms with Gasteiger partial charge in [-0.2, -0.15) is 0 Å². The molecule has 1 heterocycles. The van der Waals surface area contributed by atoms with Crippen molar-refractivity contribution in [2.24, 2.45) is 11.1 Å². The lowest BCUT2D eigenvalue weighted by molar-refractivity contribution is -0.0356. The average Bonchev–Trinajstić information content (AvgIpc) is 2.58. The van der Waals surface area contributed by atoms with Crippen LogP contribution in [0, 0.1) is 17.0 Å². The number of aromatic nitrogens is 1. The van der Waals surface area contributed by atoms with Crippen molar-refractivity contribution in [3.8, 4) is 0 Å². The fourth-order valence-electron chi connectivity index (χ4n) is 3.32. The zero-order valence-corrected chi connectivity index (χ0v) is 17.1. The summed E-state index contributed by atoms with van der Waals surface area (Å²) in [5.74, 6) is -1.56. The number of carbonyl (C=O) groups excluding carboxylic acids is 1. The molecule has 3 atom stereocenters. The first-order valence-electron chi connectivity index (χ1n) is 9.46. The summed E-state index contributed by atoms with van der Waals surface area (Å²) in [6.45, 7) is 5.87. The molecular formula is C21H27F2N3O4. The normalized spacial score (nSPS) is 14.7. The van der Waals surface area contributed by atoms with Gasteiger partial charge < -0.3 is 25.9 Å². The number of benzene rings is 1. The van der Waals surface area contributed by atoms with Gasteiger partial charge in [-0.3, -0.25) is 4.79 Å². The lowest BCUT2D eigenvalue weighted by Crippen LogP contribution is -2.54. The minimum atomic E-state index is -1.26. The van der Waals surface area contributed by atoms with E-state index < -0.39 is 41.4 Å². The molecule has 1 unspecified atom stereocenters. The standard InChI is InChI=1S/C21H27F2N3O4/c1-21(2,3)19(26-11-12-4-5-25-17(27)9-12)18(28)16(30-20(24)29)8-13-6-14(22)10-15(23)7-13/h4-7,9-10,16,18-19,26,28H,8,11H2,1-3H3,(H2,24,29)(H,25,27)/t16-,18-,19?/m0/s1. The van der Waals surface area contributed by atoms with Crippen molar-refractivity contribution in [2.45, 2.75) is 52.0 Å². The van der Waals surface area contributed by atoms with Crippen LogP contribution >= 0.6 is 0 Å². The van der Waals surface area contributed by atoms with Gasteiger partial charge in [-0.05, 0) is 34.7 Å². The Morgan fingerprint density at radius 3 is 2.37 bits per heavy atom. The number of pyridine rings is 1. The molecule has 0 saturated heterocycles. The number of hydrogen-bond acceptors (Lipinski definition) is 5. The number of aliphatic hydroxyl groups is 1. The van der Waals surface area contributed by atoms with Crippen LogP contribution < -0.4 is 16.6 Å². The van der Waals surface area contributed by atoms with Crippen molar-refractivity contribution >= 4 is 6.09 Å². The number of halogens is 2. The summed E-state index contributed by atoms with van der Waals surface area (Å²) in [7, 11) is 0. The quantitative estimate of drug-likeness (QED) is 0.519. The van der Waals surface area contributed by atoms with Crippen LogP contribution in [0.15, 0.2) is 41.3 Å². The molecular weight excluding hydrogens is 396 g/mol. The summed E-state index contributed by atoms with van der Waals surface area (Å²) in [5, 5.41) is 14.2. The van der Waals surface area contributed by atoms with Crippen LogP contribution in [0.1, 0.15) is 31.9 Å². The number of ether oxygens (including phenoxy) is 1. The molecule has 1 amide bonds. The van der Waals surface area contributed by atoms with Gasteiger partial charge in [0.05, 0.1) is 0 Å². The van der Waals surface area contributed by atoms with Gasteiger partial charge >= 0.3 is 6.09 Å². The highest BCUT2D eigenvalue weighted by molar-refractivity contribution is 5.64. The summed E-state index contributed by atoms with van der Waals surface area (Å²) < 4.78 is 32.2. The summed E-state index contributed by atoms with van der Waals surface area (Å²) >= 11 is 0. The Morgan fingerprint density at radius 2 is 1.83 bits per heavy atom. The van der Waals surface area contributed by atoms with Crippen LogP contribution in [0.2, 0.25) is 0 Å². The van der Waals surface area contributed by atoms with Crippen LogP contribution in [0.25, 0.3) is 0 Å². The number of aromatic amines is 1. The Balaban J connectivity index is 2.26. The van der Waals surface area contributed by atoms with Gasteiger partial charge in [-0.15, -0.1) is 0 Å². The van der Waals surface area contributed by atoms with E-state index in [0.717, 1.165) is 18.2 Å². The second kappa shape index (κ2) is 9.82. The number of rotatable bonds is 8. The maximum absolute atomic E-state index is 13.6. The topological polar surface area (TPSA) is 117 Å². The van der Waals surface area contributed by atoms with Crippen LogP contribution in [0.5, 0.6) is 0 Å². The Bertz CT molecular complexity index is 907. The predicted molar refractivity (Wildman–Crippen MR) is 108 cm³/mol. The molecule has 0 bridgehead atoms. The molecule has 164 valence electrons. The minimum Gasteiger partial charge on any atom is -0.443 e. The van der Waals surface area contributed by atoms with Gasteiger partial charge in [0.15, 0.2) is 0 Å².